The molecular weight excluding hydrogens is 292 g/mol. The molecule has 3 nitrogen and oxygen atoms in total. The minimum absolute atomic E-state index is 0.181. The van der Waals surface area contributed by atoms with Crippen LogP contribution in [0.25, 0.3) is 0 Å². The van der Waals surface area contributed by atoms with Crippen LogP contribution in [0.15, 0.2) is 18.3 Å². The highest BCUT2D eigenvalue weighted by molar-refractivity contribution is 9.09. The third-order valence-corrected chi connectivity index (χ3v) is 3.94. The summed E-state index contributed by atoms with van der Waals surface area (Å²) in [4.78, 5) is 6.92. The molecule has 2 rings (SSSR count). The molecule has 2 heterocycles. The van der Waals surface area contributed by atoms with Crippen LogP contribution in [-0.2, 0) is 0 Å². The lowest BCUT2D eigenvalue weighted by atomic mass is 10.0. The van der Waals surface area contributed by atoms with Gasteiger partial charge in [0.15, 0.2) is 11.6 Å². The maximum Gasteiger partial charge on any atom is 0.171 e. The van der Waals surface area contributed by atoms with E-state index in [-0.39, 0.29) is 6.10 Å². The Morgan fingerprint density at radius 2 is 2.33 bits per heavy atom. The molecule has 0 saturated carbocycles. The second-order valence-corrected chi connectivity index (χ2v) is 5.64. The van der Waals surface area contributed by atoms with Crippen molar-refractivity contribution in [1.82, 2.24) is 4.98 Å². The van der Waals surface area contributed by atoms with Gasteiger partial charge in [0.05, 0.1) is 6.10 Å². The zero-order valence-electron chi connectivity index (χ0n) is 11.1. The molecule has 0 amide bonds. The maximum absolute atomic E-state index is 5.87. The molecule has 1 fully saturated rings. The van der Waals surface area contributed by atoms with Crippen LogP contribution in [0.5, 0.6) is 5.75 Å². The summed E-state index contributed by atoms with van der Waals surface area (Å²) in [6.07, 6.45) is 5.80. The smallest absolute Gasteiger partial charge is 0.171 e. The normalized spacial score (nSPS) is 20.2. The molecular formula is C14H21BrN2O. The fourth-order valence-electron chi connectivity index (χ4n) is 2.38. The number of alkyl halides is 1. The quantitative estimate of drug-likeness (QED) is 0.794. The van der Waals surface area contributed by atoms with Crippen LogP contribution in [0.1, 0.15) is 33.1 Å². The van der Waals surface area contributed by atoms with Crippen LogP contribution in [0, 0.1) is 0 Å². The molecule has 0 N–H and O–H groups in total. The van der Waals surface area contributed by atoms with Crippen molar-refractivity contribution >= 4 is 21.7 Å². The number of pyridine rings is 1. The Hall–Kier alpha value is -0.770. The predicted molar refractivity (Wildman–Crippen MR) is 78.8 cm³/mol. The summed E-state index contributed by atoms with van der Waals surface area (Å²) in [5.41, 5.74) is 0. The summed E-state index contributed by atoms with van der Waals surface area (Å²) in [6, 6.07) is 4.49. The van der Waals surface area contributed by atoms with Crippen molar-refractivity contribution in [2.45, 2.75) is 45.3 Å². The summed E-state index contributed by atoms with van der Waals surface area (Å²) in [5.74, 6) is 1.90. The van der Waals surface area contributed by atoms with E-state index in [1.807, 2.05) is 18.3 Å². The minimum atomic E-state index is 0.181. The zero-order chi connectivity index (χ0) is 13.0. The standard InChI is InChI=1S/C14H21BrN2O/c1-11(2)18-13-7-5-8-16-14(13)17-9-4-3-6-12(17)10-15/h5,7-8,11-12H,3-4,6,9-10H2,1-2H3. The third kappa shape index (κ3) is 3.16. The van der Waals surface area contributed by atoms with Crippen molar-refractivity contribution in [1.29, 1.82) is 0 Å². The zero-order valence-corrected chi connectivity index (χ0v) is 12.7. The number of anilines is 1. The summed E-state index contributed by atoms with van der Waals surface area (Å²) in [6.45, 7) is 5.17. The second kappa shape index (κ2) is 6.41. The largest absolute Gasteiger partial charge is 0.487 e. The molecule has 1 aliphatic heterocycles. The Morgan fingerprint density at radius 3 is 3.06 bits per heavy atom. The highest BCUT2D eigenvalue weighted by Gasteiger charge is 2.25. The van der Waals surface area contributed by atoms with Crippen LogP contribution < -0.4 is 9.64 Å². The van der Waals surface area contributed by atoms with Crippen LogP contribution in [0.3, 0.4) is 0 Å². The Labute approximate surface area is 118 Å². The monoisotopic (exact) mass is 312 g/mol. The number of piperidine rings is 1. The lowest BCUT2D eigenvalue weighted by Gasteiger charge is -2.36. The lowest BCUT2D eigenvalue weighted by Crippen LogP contribution is -2.41. The van der Waals surface area contributed by atoms with E-state index in [1.165, 1.54) is 19.3 Å². The van der Waals surface area contributed by atoms with E-state index in [0.29, 0.717) is 6.04 Å². The van der Waals surface area contributed by atoms with E-state index in [4.69, 9.17) is 4.74 Å². The van der Waals surface area contributed by atoms with Crippen molar-refractivity contribution in [2.75, 3.05) is 16.8 Å². The number of halogens is 1. The van der Waals surface area contributed by atoms with Crippen molar-refractivity contribution < 1.29 is 4.74 Å². The van der Waals surface area contributed by atoms with E-state index < -0.39 is 0 Å². The van der Waals surface area contributed by atoms with Gasteiger partial charge < -0.3 is 9.64 Å². The molecule has 1 unspecified atom stereocenters. The van der Waals surface area contributed by atoms with Gasteiger partial charge in [-0.15, -0.1) is 0 Å². The molecule has 1 aromatic rings. The third-order valence-electron chi connectivity index (χ3n) is 3.19. The van der Waals surface area contributed by atoms with Gasteiger partial charge in [-0.25, -0.2) is 4.98 Å². The van der Waals surface area contributed by atoms with Gasteiger partial charge in [-0.2, -0.15) is 0 Å². The van der Waals surface area contributed by atoms with E-state index in [9.17, 15) is 0 Å². The second-order valence-electron chi connectivity index (χ2n) is 4.99. The summed E-state index contributed by atoms with van der Waals surface area (Å²) in [7, 11) is 0. The average Bonchev–Trinajstić information content (AvgIpc) is 2.39. The summed E-state index contributed by atoms with van der Waals surface area (Å²) in [5, 5.41) is 0.991. The lowest BCUT2D eigenvalue weighted by molar-refractivity contribution is 0.241. The minimum Gasteiger partial charge on any atom is -0.487 e. The summed E-state index contributed by atoms with van der Waals surface area (Å²) >= 11 is 3.61. The van der Waals surface area contributed by atoms with Gasteiger partial charge in [0.2, 0.25) is 0 Å². The molecule has 0 spiro atoms. The van der Waals surface area contributed by atoms with Gasteiger partial charge >= 0.3 is 0 Å². The van der Waals surface area contributed by atoms with Gasteiger partial charge in [-0.1, -0.05) is 15.9 Å². The van der Waals surface area contributed by atoms with Crippen molar-refractivity contribution in [3.05, 3.63) is 18.3 Å². The van der Waals surface area contributed by atoms with Gasteiger partial charge in [-0.3, -0.25) is 0 Å². The molecule has 1 saturated heterocycles. The summed E-state index contributed by atoms with van der Waals surface area (Å²) < 4.78 is 5.87. The van der Waals surface area contributed by atoms with E-state index in [2.05, 4.69) is 39.7 Å². The van der Waals surface area contributed by atoms with Crippen LogP contribution in [-0.4, -0.2) is 29.0 Å². The Balaban J connectivity index is 2.24. The maximum atomic E-state index is 5.87. The van der Waals surface area contributed by atoms with E-state index in [1.54, 1.807) is 0 Å². The SMILES string of the molecule is CC(C)Oc1cccnc1N1CCCCC1CBr. The molecule has 1 atom stereocenters. The fraction of sp³-hybridized carbons (Fsp3) is 0.643. The highest BCUT2D eigenvalue weighted by atomic mass is 79.9. The first-order valence-electron chi connectivity index (χ1n) is 6.66. The Morgan fingerprint density at radius 1 is 1.50 bits per heavy atom. The molecule has 18 heavy (non-hydrogen) atoms. The number of rotatable bonds is 4. The highest BCUT2D eigenvalue weighted by Crippen LogP contribution is 2.31. The van der Waals surface area contributed by atoms with Crippen LogP contribution >= 0.6 is 15.9 Å². The number of nitrogens with zero attached hydrogens (tertiary/aromatic N) is 2. The topological polar surface area (TPSA) is 25.4 Å². The van der Waals surface area contributed by atoms with Crippen molar-refractivity contribution in [3.8, 4) is 5.75 Å². The molecule has 0 radical (unpaired) electrons. The number of aromatic nitrogens is 1. The van der Waals surface area contributed by atoms with Gasteiger partial charge in [0.1, 0.15) is 0 Å². The first kappa shape index (κ1) is 13.7. The van der Waals surface area contributed by atoms with Crippen molar-refractivity contribution in [2.24, 2.45) is 0 Å². The number of hydrogen-bond donors (Lipinski definition) is 0. The molecule has 0 bridgehead atoms. The Bertz CT molecular complexity index is 384. The molecule has 1 aliphatic rings. The molecule has 100 valence electrons. The van der Waals surface area contributed by atoms with Crippen LogP contribution in [0.4, 0.5) is 5.82 Å². The van der Waals surface area contributed by atoms with Crippen molar-refractivity contribution in [3.63, 3.8) is 0 Å². The number of ether oxygens (including phenoxy) is 1. The van der Waals surface area contributed by atoms with Gasteiger partial charge in [-0.05, 0) is 45.2 Å². The molecule has 0 aliphatic carbocycles. The van der Waals surface area contributed by atoms with E-state index in [0.717, 1.165) is 23.4 Å². The first-order chi connectivity index (χ1) is 8.72. The fourth-order valence-corrected chi connectivity index (χ4v) is 3.06. The van der Waals surface area contributed by atoms with Gasteiger partial charge in [0, 0.05) is 24.1 Å². The first-order valence-corrected chi connectivity index (χ1v) is 7.78. The number of hydrogen-bond acceptors (Lipinski definition) is 3. The Kier molecular flexibility index (Phi) is 4.87. The molecule has 4 heteroatoms. The molecule has 0 aromatic carbocycles. The predicted octanol–water partition coefficient (Wildman–Crippen LogP) is 3.62. The van der Waals surface area contributed by atoms with Gasteiger partial charge in [0.25, 0.3) is 0 Å². The molecule has 1 aromatic heterocycles. The van der Waals surface area contributed by atoms with Crippen LogP contribution in [0.2, 0.25) is 0 Å². The van der Waals surface area contributed by atoms with E-state index >= 15 is 0 Å². The average molecular weight is 313 g/mol.